The van der Waals surface area contributed by atoms with E-state index in [4.69, 9.17) is 14.2 Å². The van der Waals surface area contributed by atoms with E-state index in [1.165, 1.54) is 16.7 Å². The molecule has 2 unspecified atom stereocenters. The number of carbonyl (C=O) groups is 1. The molecule has 0 amide bonds. The van der Waals surface area contributed by atoms with Crippen LogP contribution in [-0.2, 0) is 33.1 Å². The quantitative estimate of drug-likeness (QED) is 0.287. The number of hydrogen-bond donors (Lipinski definition) is 0. The molecule has 0 saturated carbocycles. The number of rotatable bonds is 8. The Bertz CT molecular complexity index is 1700. The fraction of sp³-hybridized carbons (Fsp3) is 0.379. The van der Waals surface area contributed by atoms with Crippen LogP contribution in [0, 0.1) is 6.92 Å². The number of esters is 1. The highest BCUT2D eigenvalue weighted by atomic mass is 32.2. The third-order valence-electron chi connectivity index (χ3n) is 7.26. The molecule has 4 aromatic rings. The summed E-state index contributed by atoms with van der Waals surface area (Å²) in [5.74, 6) is 0.135. The second kappa shape index (κ2) is 11.5. The van der Waals surface area contributed by atoms with Crippen LogP contribution >= 0.6 is 0 Å². The highest BCUT2D eigenvalue weighted by Gasteiger charge is 2.34. The number of hydrogen-bond acceptors (Lipinski definition) is 9. The predicted octanol–water partition coefficient (Wildman–Crippen LogP) is 3.74. The van der Waals surface area contributed by atoms with Crippen LogP contribution in [0.15, 0.2) is 53.7 Å². The standard InChI is InChI=1S/C29H33N5O6S/c1-6-39-28(35)14-23(21-12-24-29(26(13-21)38-5)33(4)32-31-24)20-8-7-18(2)22(11-20)17-34-16-19(3)40-25-9-10-30-15-27(25)41(34,36)37/h7-13,15,19,23H,6,14,16-17H2,1-5H3. The monoisotopic (exact) mass is 579 g/mol. The topological polar surface area (TPSA) is 126 Å². The average Bonchev–Trinajstić information content (AvgIpc) is 3.28. The van der Waals surface area contributed by atoms with Crippen LogP contribution in [0.3, 0.4) is 0 Å². The van der Waals surface area contributed by atoms with E-state index in [1.807, 2.05) is 44.2 Å². The van der Waals surface area contributed by atoms with Crippen molar-refractivity contribution in [2.24, 2.45) is 7.05 Å². The fourth-order valence-corrected chi connectivity index (χ4v) is 6.76. The highest BCUT2D eigenvalue weighted by Crippen LogP contribution is 2.36. The van der Waals surface area contributed by atoms with Gasteiger partial charge in [-0.05, 0) is 61.2 Å². The third kappa shape index (κ3) is 5.62. The lowest BCUT2D eigenvalue weighted by molar-refractivity contribution is -0.143. The van der Waals surface area contributed by atoms with Gasteiger partial charge in [-0.25, -0.2) is 13.1 Å². The summed E-state index contributed by atoms with van der Waals surface area (Å²) in [5, 5.41) is 8.38. The van der Waals surface area contributed by atoms with Crippen molar-refractivity contribution in [2.75, 3.05) is 20.3 Å². The molecule has 0 spiro atoms. The van der Waals surface area contributed by atoms with E-state index < -0.39 is 15.9 Å². The number of fused-ring (bicyclic) bond motifs is 2. The predicted molar refractivity (Wildman–Crippen MR) is 151 cm³/mol. The normalized spacial score (nSPS) is 17.3. The van der Waals surface area contributed by atoms with Crippen molar-refractivity contribution >= 4 is 27.0 Å². The molecule has 1 aliphatic heterocycles. The molecule has 11 nitrogen and oxygen atoms in total. The fourth-order valence-electron chi connectivity index (χ4n) is 5.20. The summed E-state index contributed by atoms with van der Waals surface area (Å²) in [6, 6.07) is 11.2. The van der Waals surface area contributed by atoms with Gasteiger partial charge < -0.3 is 14.2 Å². The van der Waals surface area contributed by atoms with Crippen molar-refractivity contribution in [3.63, 3.8) is 0 Å². The van der Waals surface area contributed by atoms with Gasteiger partial charge in [0.05, 0.1) is 32.9 Å². The Morgan fingerprint density at radius 2 is 2.00 bits per heavy atom. The molecule has 41 heavy (non-hydrogen) atoms. The van der Waals surface area contributed by atoms with Crippen molar-refractivity contribution < 1.29 is 27.4 Å². The summed E-state index contributed by atoms with van der Waals surface area (Å²) in [6.07, 6.45) is 2.56. The maximum Gasteiger partial charge on any atom is 0.306 e. The van der Waals surface area contributed by atoms with Crippen LogP contribution < -0.4 is 9.47 Å². The number of methoxy groups -OCH3 is 1. The zero-order valence-corrected chi connectivity index (χ0v) is 24.5. The lowest BCUT2D eigenvalue weighted by Gasteiger charge is -2.24. The summed E-state index contributed by atoms with van der Waals surface area (Å²) in [4.78, 5) is 16.8. The number of benzene rings is 2. The van der Waals surface area contributed by atoms with E-state index in [1.54, 1.807) is 31.8 Å². The Balaban J connectivity index is 1.56. The maximum absolute atomic E-state index is 13.7. The van der Waals surface area contributed by atoms with Crippen LogP contribution in [0.25, 0.3) is 11.0 Å². The minimum atomic E-state index is -3.87. The minimum absolute atomic E-state index is 0.0442. The first-order valence-corrected chi connectivity index (χ1v) is 14.8. The Labute approximate surface area is 239 Å². The first kappa shape index (κ1) is 28.5. The van der Waals surface area contributed by atoms with E-state index in [-0.39, 0.29) is 43.1 Å². The van der Waals surface area contributed by atoms with Gasteiger partial charge in [0, 0.05) is 25.7 Å². The van der Waals surface area contributed by atoms with Gasteiger partial charge in [0.1, 0.15) is 33.5 Å². The van der Waals surface area contributed by atoms with Gasteiger partial charge in [0.15, 0.2) is 0 Å². The molecule has 0 bridgehead atoms. The highest BCUT2D eigenvalue weighted by molar-refractivity contribution is 7.89. The van der Waals surface area contributed by atoms with Gasteiger partial charge in [0.25, 0.3) is 0 Å². The smallest absolute Gasteiger partial charge is 0.306 e. The second-order valence-corrected chi connectivity index (χ2v) is 12.0. The number of pyridine rings is 1. The zero-order chi connectivity index (χ0) is 29.3. The van der Waals surface area contributed by atoms with Crippen LogP contribution in [-0.4, -0.2) is 65.0 Å². The molecule has 0 radical (unpaired) electrons. The summed E-state index contributed by atoms with van der Waals surface area (Å²) < 4.78 is 47.2. The molecule has 216 valence electrons. The third-order valence-corrected chi connectivity index (χ3v) is 9.08. The van der Waals surface area contributed by atoms with E-state index in [0.717, 1.165) is 27.8 Å². The average molecular weight is 580 g/mol. The Hall–Kier alpha value is -4.03. The zero-order valence-electron chi connectivity index (χ0n) is 23.7. The van der Waals surface area contributed by atoms with Crippen molar-refractivity contribution in [1.29, 1.82) is 0 Å². The van der Waals surface area contributed by atoms with Gasteiger partial charge in [-0.3, -0.25) is 9.78 Å². The van der Waals surface area contributed by atoms with Gasteiger partial charge in [-0.15, -0.1) is 5.10 Å². The SMILES string of the molecule is CCOC(=O)CC(c1ccc(C)c(CN2CC(C)Oc3ccncc3S2(=O)=O)c1)c1cc(OC)c2c(c1)nnn2C. The molecule has 5 rings (SSSR count). The number of sulfonamides is 1. The molecule has 2 aromatic carbocycles. The molecular formula is C29H33N5O6S. The van der Waals surface area contributed by atoms with Gasteiger partial charge in [-0.2, -0.15) is 4.31 Å². The second-order valence-electron chi connectivity index (χ2n) is 10.1. The molecule has 2 atom stereocenters. The van der Waals surface area contributed by atoms with E-state index in [9.17, 15) is 13.2 Å². The number of ether oxygens (including phenoxy) is 3. The molecule has 0 aliphatic carbocycles. The number of aryl methyl sites for hydroxylation is 2. The summed E-state index contributed by atoms with van der Waals surface area (Å²) in [5.41, 5.74) is 4.76. The maximum atomic E-state index is 13.7. The Morgan fingerprint density at radius 1 is 1.20 bits per heavy atom. The molecule has 0 fully saturated rings. The van der Waals surface area contributed by atoms with Gasteiger partial charge in [0.2, 0.25) is 10.0 Å². The Kier molecular flexibility index (Phi) is 7.96. The van der Waals surface area contributed by atoms with Crippen molar-refractivity contribution in [3.8, 4) is 11.5 Å². The molecule has 12 heteroatoms. The molecule has 0 N–H and O–H groups in total. The van der Waals surface area contributed by atoms with Crippen molar-refractivity contribution in [1.82, 2.24) is 24.3 Å². The molecular weight excluding hydrogens is 546 g/mol. The van der Waals surface area contributed by atoms with Crippen molar-refractivity contribution in [2.45, 2.75) is 50.7 Å². The van der Waals surface area contributed by atoms with Gasteiger partial charge >= 0.3 is 5.97 Å². The van der Waals surface area contributed by atoms with Crippen LogP contribution in [0.2, 0.25) is 0 Å². The number of carbonyl (C=O) groups excluding carboxylic acids is 1. The lowest BCUT2D eigenvalue weighted by atomic mass is 9.86. The molecule has 2 aromatic heterocycles. The molecule has 0 saturated heterocycles. The molecule has 3 heterocycles. The summed E-state index contributed by atoms with van der Waals surface area (Å²) in [6.45, 7) is 6.11. The first-order valence-electron chi connectivity index (χ1n) is 13.4. The minimum Gasteiger partial charge on any atom is -0.494 e. The van der Waals surface area contributed by atoms with Crippen LogP contribution in [0.1, 0.15) is 48.4 Å². The van der Waals surface area contributed by atoms with Gasteiger partial charge in [-0.1, -0.05) is 23.4 Å². The number of nitrogens with zero attached hydrogens (tertiary/aromatic N) is 5. The largest absolute Gasteiger partial charge is 0.494 e. The summed E-state index contributed by atoms with van der Waals surface area (Å²) >= 11 is 0. The van der Waals surface area contributed by atoms with E-state index in [2.05, 4.69) is 15.3 Å². The first-order chi connectivity index (χ1) is 19.6. The van der Waals surface area contributed by atoms with E-state index in [0.29, 0.717) is 17.0 Å². The van der Waals surface area contributed by atoms with Crippen LogP contribution in [0.5, 0.6) is 11.5 Å². The lowest BCUT2D eigenvalue weighted by Crippen LogP contribution is -2.35. The van der Waals surface area contributed by atoms with E-state index >= 15 is 0 Å². The van der Waals surface area contributed by atoms with Crippen LogP contribution in [0.4, 0.5) is 0 Å². The summed E-state index contributed by atoms with van der Waals surface area (Å²) in [7, 11) is -0.504. The van der Waals surface area contributed by atoms with Crippen molar-refractivity contribution in [3.05, 3.63) is 71.0 Å². The number of aromatic nitrogens is 4. The molecule has 1 aliphatic rings. The Morgan fingerprint density at radius 3 is 2.76 bits per heavy atom.